The predicted octanol–water partition coefficient (Wildman–Crippen LogP) is 8.88. The van der Waals surface area contributed by atoms with Gasteiger partial charge in [0.2, 0.25) is 0 Å². The fraction of sp³-hybridized carbons (Fsp3) is 0.206. The van der Waals surface area contributed by atoms with Gasteiger partial charge in [0.05, 0.1) is 23.7 Å². The van der Waals surface area contributed by atoms with Gasteiger partial charge in [0.25, 0.3) is 5.56 Å². The van der Waals surface area contributed by atoms with Crippen LogP contribution in [0.4, 0.5) is 0 Å². The molecule has 0 spiro atoms. The number of hydrogen-bond donors (Lipinski definition) is 0. The fourth-order valence-corrected chi connectivity index (χ4v) is 5.87. The normalized spacial score (nSPS) is 11.5. The highest BCUT2D eigenvalue weighted by atomic mass is 79.9. The van der Waals surface area contributed by atoms with Gasteiger partial charge in [0.15, 0.2) is 5.82 Å². The molecule has 5 rings (SSSR count). The molecule has 0 bridgehead atoms. The van der Waals surface area contributed by atoms with E-state index in [1.165, 1.54) is 4.68 Å². The Morgan fingerprint density at radius 1 is 0.952 bits per heavy atom. The van der Waals surface area contributed by atoms with Crippen molar-refractivity contribution in [2.75, 3.05) is 6.61 Å². The van der Waals surface area contributed by atoms with Crippen molar-refractivity contribution in [1.82, 2.24) is 9.66 Å². The highest BCUT2D eigenvalue weighted by Gasteiger charge is 2.18. The largest absolute Gasteiger partial charge is 0.494 e. The minimum Gasteiger partial charge on any atom is -0.494 e. The quantitative estimate of drug-likeness (QED) is 0.145. The summed E-state index contributed by atoms with van der Waals surface area (Å²) in [5, 5.41) is 5.21. The summed E-state index contributed by atoms with van der Waals surface area (Å²) in [6.07, 6.45) is 1.65. The molecule has 0 radical (unpaired) electrons. The number of nitrogens with zero attached hydrogens (tertiary/aromatic N) is 3. The van der Waals surface area contributed by atoms with Crippen molar-refractivity contribution in [3.63, 3.8) is 0 Å². The minimum atomic E-state index is -0.247. The zero-order valence-electron chi connectivity index (χ0n) is 23.9. The topological polar surface area (TPSA) is 65.7 Å². The molecule has 0 aliphatic heterocycles. The van der Waals surface area contributed by atoms with E-state index in [0.717, 1.165) is 42.5 Å². The molecule has 0 saturated heterocycles. The zero-order valence-corrected chi connectivity index (χ0v) is 27.1. The summed E-state index contributed by atoms with van der Waals surface area (Å²) in [5.41, 5.74) is 4.94. The second-order valence-corrected chi connectivity index (χ2v) is 11.9. The summed E-state index contributed by atoms with van der Waals surface area (Å²) >= 11 is 7.09. The van der Waals surface area contributed by atoms with Crippen molar-refractivity contribution >= 4 is 49.0 Å². The van der Waals surface area contributed by atoms with Crippen molar-refractivity contribution in [3.05, 3.63) is 120 Å². The average molecular weight is 689 g/mol. The molecule has 0 atom stereocenters. The van der Waals surface area contributed by atoms with Crippen LogP contribution >= 0.6 is 31.9 Å². The lowest BCUT2D eigenvalue weighted by Crippen LogP contribution is -2.21. The van der Waals surface area contributed by atoms with Crippen molar-refractivity contribution < 1.29 is 9.47 Å². The van der Waals surface area contributed by atoms with E-state index in [4.69, 9.17) is 19.6 Å². The highest BCUT2D eigenvalue weighted by Crippen LogP contribution is 2.34. The number of rotatable bonds is 9. The molecular formula is C34H31Br2N3O3. The molecule has 5 aromatic rings. The van der Waals surface area contributed by atoms with Crippen LogP contribution in [0.5, 0.6) is 11.5 Å². The maximum absolute atomic E-state index is 13.8. The molecular weight excluding hydrogens is 658 g/mol. The lowest BCUT2D eigenvalue weighted by atomic mass is 9.96. The number of benzene rings is 4. The molecule has 0 amide bonds. The molecule has 0 saturated carbocycles. The van der Waals surface area contributed by atoms with Gasteiger partial charge in [0, 0.05) is 25.6 Å². The molecule has 8 heteroatoms. The molecule has 0 aliphatic carbocycles. The maximum atomic E-state index is 13.8. The van der Waals surface area contributed by atoms with Crippen LogP contribution in [0.2, 0.25) is 0 Å². The highest BCUT2D eigenvalue weighted by molar-refractivity contribution is 9.11. The zero-order chi connectivity index (χ0) is 29.8. The molecule has 6 nitrogen and oxygen atoms in total. The predicted molar refractivity (Wildman–Crippen MR) is 177 cm³/mol. The standard InChI is InChI=1S/C34H31Br2N3O3/c1-5-41-32-16-22(4)28(18-27(32)21(2)3)33-38-30-12-8-7-11-26(30)34(40)39(33)37-19-23-10-6-9-13-31(23)42-20-24-14-15-25(35)17-29(24)36/h6-19,21H,5,20H2,1-4H3. The summed E-state index contributed by atoms with van der Waals surface area (Å²) in [7, 11) is 0. The van der Waals surface area contributed by atoms with E-state index in [1.54, 1.807) is 12.3 Å². The molecule has 4 aromatic carbocycles. The Kier molecular flexibility index (Phi) is 9.24. The van der Waals surface area contributed by atoms with Crippen LogP contribution in [0.15, 0.2) is 97.7 Å². The third-order valence-corrected chi connectivity index (χ3v) is 8.13. The van der Waals surface area contributed by atoms with Crippen LogP contribution in [0.3, 0.4) is 0 Å². The molecule has 0 N–H and O–H groups in total. The average Bonchev–Trinajstić information content (AvgIpc) is 2.97. The van der Waals surface area contributed by atoms with E-state index in [1.807, 2.05) is 80.6 Å². The Morgan fingerprint density at radius 3 is 2.48 bits per heavy atom. The number of halogens is 2. The third-order valence-electron chi connectivity index (χ3n) is 6.90. The van der Waals surface area contributed by atoms with Crippen LogP contribution in [0.1, 0.15) is 48.9 Å². The summed E-state index contributed by atoms with van der Waals surface area (Å²) < 4.78 is 15.5. The summed E-state index contributed by atoms with van der Waals surface area (Å²) in [4.78, 5) is 18.8. The van der Waals surface area contributed by atoms with Crippen LogP contribution < -0.4 is 15.0 Å². The second-order valence-electron chi connectivity index (χ2n) is 10.2. The molecule has 0 unspecified atom stereocenters. The van der Waals surface area contributed by atoms with E-state index < -0.39 is 0 Å². The monoisotopic (exact) mass is 687 g/mol. The van der Waals surface area contributed by atoms with Gasteiger partial charge in [-0.2, -0.15) is 9.78 Å². The van der Waals surface area contributed by atoms with Gasteiger partial charge in [0.1, 0.15) is 18.1 Å². The second kappa shape index (κ2) is 13.0. The number of fused-ring (bicyclic) bond motifs is 1. The van der Waals surface area contributed by atoms with Gasteiger partial charge in [-0.3, -0.25) is 4.79 Å². The van der Waals surface area contributed by atoms with Crippen LogP contribution in [0, 0.1) is 6.92 Å². The van der Waals surface area contributed by atoms with Crippen LogP contribution in [0.25, 0.3) is 22.3 Å². The molecule has 1 heterocycles. The number of ether oxygens (including phenoxy) is 2. The molecule has 0 fully saturated rings. The van der Waals surface area contributed by atoms with E-state index in [2.05, 4.69) is 51.8 Å². The summed E-state index contributed by atoms with van der Waals surface area (Å²) in [5.74, 6) is 2.17. The lowest BCUT2D eigenvalue weighted by Gasteiger charge is -2.18. The Morgan fingerprint density at radius 2 is 1.71 bits per heavy atom. The first-order chi connectivity index (χ1) is 20.3. The number of aryl methyl sites for hydroxylation is 1. The minimum absolute atomic E-state index is 0.213. The number of para-hydroxylation sites is 2. The van der Waals surface area contributed by atoms with Crippen molar-refractivity contribution in [3.8, 4) is 22.9 Å². The summed E-state index contributed by atoms with van der Waals surface area (Å²) in [6, 6.07) is 25.0. The van der Waals surface area contributed by atoms with Crippen LogP contribution in [-0.4, -0.2) is 22.5 Å². The van der Waals surface area contributed by atoms with Crippen molar-refractivity contribution in [2.24, 2.45) is 5.10 Å². The van der Waals surface area contributed by atoms with Gasteiger partial charge < -0.3 is 9.47 Å². The number of aromatic nitrogens is 2. The Bertz CT molecular complexity index is 1850. The Labute approximate surface area is 262 Å². The smallest absolute Gasteiger partial charge is 0.282 e. The molecule has 214 valence electrons. The van der Waals surface area contributed by atoms with Gasteiger partial charge in [-0.05, 0) is 79.4 Å². The summed E-state index contributed by atoms with van der Waals surface area (Å²) in [6.45, 7) is 9.16. The van der Waals surface area contributed by atoms with E-state index >= 15 is 0 Å². The van der Waals surface area contributed by atoms with Gasteiger partial charge >= 0.3 is 0 Å². The molecule has 1 aromatic heterocycles. The first-order valence-corrected chi connectivity index (χ1v) is 15.3. The van der Waals surface area contributed by atoms with E-state index in [0.29, 0.717) is 35.7 Å². The third kappa shape index (κ3) is 6.35. The van der Waals surface area contributed by atoms with E-state index in [9.17, 15) is 4.79 Å². The molecule has 0 aliphatic rings. The van der Waals surface area contributed by atoms with Gasteiger partial charge in [-0.1, -0.05) is 76.0 Å². The first kappa shape index (κ1) is 29.7. The molecule has 42 heavy (non-hydrogen) atoms. The SMILES string of the molecule is CCOc1cc(C)c(-c2nc3ccccc3c(=O)n2N=Cc2ccccc2OCc2ccc(Br)cc2Br)cc1C(C)C. The lowest BCUT2D eigenvalue weighted by molar-refractivity contribution is 0.305. The van der Waals surface area contributed by atoms with Crippen molar-refractivity contribution in [2.45, 2.75) is 40.2 Å². The Balaban J connectivity index is 1.60. The van der Waals surface area contributed by atoms with E-state index in [-0.39, 0.29) is 11.5 Å². The number of hydrogen-bond acceptors (Lipinski definition) is 5. The van der Waals surface area contributed by atoms with Crippen LogP contribution in [-0.2, 0) is 6.61 Å². The fourth-order valence-electron chi connectivity index (χ4n) is 4.71. The maximum Gasteiger partial charge on any atom is 0.282 e. The van der Waals surface area contributed by atoms with Gasteiger partial charge in [-0.15, -0.1) is 0 Å². The van der Waals surface area contributed by atoms with Gasteiger partial charge in [-0.25, -0.2) is 4.98 Å². The first-order valence-electron chi connectivity index (χ1n) is 13.8. The van der Waals surface area contributed by atoms with Crippen molar-refractivity contribution in [1.29, 1.82) is 0 Å². The Hall–Kier alpha value is -3.75.